The summed E-state index contributed by atoms with van der Waals surface area (Å²) in [5.74, 6) is 0. The fourth-order valence-electron chi connectivity index (χ4n) is 3.90. The number of hydrogen-bond donors (Lipinski definition) is 0. The van der Waals surface area contributed by atoms with Crippen molar-refractivity contribution in [3.63, 3.8) is 0 Å². The SMILES string of the molecule is CCCCCCc1c(CCCCCC)c2sc(Br)c(Br)c2c2c(Br)c(Br)sc12. The number of benzene rings is 1. The first-order valence-corrected chi connectivity index (χ1v) is 15.0. The molecule has 0 saturated carbocycles. The summed E-state index contributed by atoms with van der Waals surface area (Å²) in [6.45, 7) is 4.58. The van der Waals surface area contributed by atoms with E-state index in [0.29, 0.717) is 0 Å². The Hall–Kier alpha value is 1.06. The summed E-state index contributed by atoms with van der Waals surface area (Å²) in [5, 5.41) is 2.76. The van der Waals surface area contributed by atoms with Gasteiger partial charge in [-0.3, -0.25) is 0 Å². The van der Waals surface area contributed by atoms with Crippen molar-refractivity contribution in [3.05, 3.63) is 27.6 Å². The third-order valence-corrected chi connectivity index (χ3v) is 12.4. The molecule has 154 valence electrons. The van der Waals surface area contributed by atoms with Crippen molar-refractivity contribution in [3.8, 4) is 0 Å². The highest BCUT2D eigenvalue weighted by molar-refractivity contribution is 9.14. The quantitative estimate of drug-likeness (QED) is 0.188. The van der Waals surface area contributed by atoms with Gasteiger partial charge in [-0.2, -0.15) is 0 Å². The molecule has 0 amide bonds. The van der Waals surface area contributed by atoms with Crippen LogP contribution in [0.2, 0.25) is 0 Å². The highest BCUT2D eigenvalue weighted by Gasteiger charge is 2.23. The van der Waals surface area contributed by atoms with Gasteiger partial charge in [0.05, 0.1) is 16.5 Å². The predicted octanol–water partition coefficient (Wildman–Crippen LogP) is 11.4. The highest BCUT2D eigenvalue weighted by atomic mass is 79.9. The van der Waals surface area contributed by atoms with Crippen molar-refractivity contribution < 1.29 is 0 Å². The molecular weight excluding hydrogens is 648 g/mol. The lowest BCUT2D eigenvalue weighted by atomic mass is 9.94. The smallest absolute Gasteiger partial charge is 0.0853 e. The van der Waals surface area contributed by atoms with Crippen LogP contribution in [0.1, 0.15) is 76.3 Å². The van der Waals surface area contributed by atoms with Gasteiger partial charge in [-0.1, -0.05) is 52.4 Å². The number of thiophene rings is 2. The van der Waals surface area contributed by atoms with Crippen molar-refractivity contribution in [2.24, 2.45) is 0 Å². The monoisotopic (exact) mass is 670 g/mol. The summed E-state index contributed by atoms with van der Waals surface area (Å²) >= 11 is 19.1. The van der Waals surface area contributed by atoms with E-state index in [2.05, 4.69) is 77.6 Å². The van der Waals surface area contributed by atoms with Crippen LogP contribution in [-0.2, 0) is 12.8 Å². The third kappa shape index (κ3) is 4.93. The van der Waals surface area contributed by atoms with Crippen LogP contribution >= 0.6 is 86.4 Å². The Morgan fingerprint density at radius 3 is 1.32 bits per heavy atom. The molecule has 3 rings (SSSR count). The number of halogens is 4. The molecule has 2 aromatic heterocycles. The van der Waals surface area contributed by atoms with E-state index in [9.17, 15) is 0 Å². The zero-order valence-electron chi connectivity index (χ0n) is 16.4. The van der Waals surface area contributed by atoms with Crippen molar-refractivity contribution in [2.45, 2.75) is 78.1 Å². The first-order chi connectivity index (χ1) is 13.5. The summed E-state index contributed by atoms with van der Waals surface area (Å²) in [6, 6.07) is 0. The van der Waals surface area contributed by atoms with Crippen LogP contribution in [0.15, 0.2) is 16.5 Å². The van der Waals surface area contributed by atoms with Gasteiger partial charge < -0.3 is 0 Å². The molecule has 6 heteroatoms. The summed E-state index contributed by atoms with van der Waals surface area (Å²) < 4.78 is 7.76. The molecule has 0 radical (unpaired) electrons. The van der Waals surface area contributed by atoms with E-state index in [1.807, 2.05) is 22.7 Å². The molecule has 2 heterocycles. The average molecular weight is 674 g/mol. The van der Waals surface area contributed by atoms with Crippen molar-refractivity contribution in [1.82, 2.24) is 0 Å². The second kappa shape index (κ2) is 11.1. The van der Waals surface area contributed by atoms with E-state index in [1.165, 1.54) is 101 Å². The van der Waals surface area contributed by atoms with E-state index in [0.717, 1.165) is 0 Å². The molecule has 0 N–H and O–H groups in total. The molecule has 3 aromatic rings. The van der Waals surface area contributed by atoms with E-state index >= 15 is 0 Å². The Bertz CT molecular complexity index is 878. The van der Waals surface area contributed by atoms with E-state index in [1.54, 1.807) is 11.1 Å². The molecule has 0 fully saturated rings. The Morgan fingerprint density at radius 2 is 0.964 bits per heavy atom. The molecule has 1 aromatic carbocycles. The Kier molecular flexibility index (Phi) is 9.39. The molecule has 28 heavy (non-hydrogen) atoms. The van der Waals surface area contributed by atoms with Crippen LogP contribution in [0.25, 0.3) is 20.2 Å². The van der Waals surface area contributed by atoms with Crippen LogP contribution in [0.3, 0.4) is 0 Å². The molecule has 0 atom stereocenters. The largest absolute Gasteiger partial charge is 0.127 e. The van der Waals surface area contributed by atoms with Gasteiger partial charge >= 0.3 is 0 Å². The number of fused-ring (bicyclic) bond motifs is 3. The Labute approximate surface area is 210 Å². The first kappa shape index (κ1) is 23.7. The molecule has 0 bridgehead atoms. The van der Waals surface area contributed by atoms with Gasteiger partial charge in [0.25, 0.3) is 0 Å². The number of aryl methyl sites for hydroxylation is 2. The van der Waals surface area contributed by atoms with Crippen molar-refractivity contribution >= 4 is 107 Å². The van der Waals surface area contributed by atoms with E-state index < -0.39 is 0 Å². The van der Waals surface area contributed by atoms with Crippen LogP contribution in [0.5, 0.6) is 0 Å². The normalized spacial score (nSPS) is 11.9. The van der Waals surface area contributed by atoms with Gasteiger partial charge in [-0.25, -0.2) is 0 Å². The summed E-state index contributed by atoms with van der Waals surface area (Å²) in [5.41, 5.74) is 3.21. The second-order valence-corrected chi connectivity index (χ2v) is 13.6. The Morgan fingerprint density at radius 1 is 0.571 bits per heavy atom. The Balaban J connectivity index is 2.17. The average Bonchev–Trinajstić information content (AvgIpc) is 3.13. The van der Waals surface area contributed by atoms with Crippen molar-refractivity contribution in [1.29, 1.82) is 0 Å². The lowest BCUT2D eigenvalue weighted by Gasteiger charge is -2.14. The van der Waals surface area contributed by atoms with Gasteiger partial charge in [-0.05, 0) is 101 Å². The molecule has 0 aliphatic rings. The van der Waals surface area contributed by atoms with Crippen LogP contribution in [0.4, 0.5) is 0 Å². The lowest BCUT2D eigenvalue weighted by molar-refractivity contribution is 0.654. The molecule has 0 aliphatic carbocycles. The first-order valence-electron chi connectivity index (χ1n) is 10.2. The van der Waals surface area contributed by atoms with Gasteiger partial charge in [0.1, 0.15) is 0 Å². The van der Waals surface area contributed by atoms with Gasteiger partial charge in [0.15, 0.2) is 0 Å². The lowest BCUT2D eigenvalue weighted by Crippen LogP contribution is -1.97. The molecule has 0 unspecified atom stereocenters. The molecule has 0 aliphatic heterocycles. The van der Waals surface area contributed by atoms with Crippen LogP contribution in [0, 0.1) is 0 Å². The van der Waals surface area contributed by atoms with Crippen LogP contribution < -0.4 is 0 Å². The summed E-state index contributed by atoms with van der Waals surface area (Å²) in [7, 11) is 0. The topological polar surface area (TPSA) is 0 Å². The van der Waals surface area contributed by atoms with E-state index in [-0.39, 0.29) is 0 Å². The maximum Gasteiger partial charge on any atom is 0.0853 e. The summed E-state index contributed by atoms with van der Waals surface area (Å²) in [4.78, 5) is 0. The fraction of sp³-hybridized carbons (Fsp3) is 0.545. The zero-order valence-corrected chi connectivity index (χ0v) is 24.4. The maximum absolute atomic E-state index is 3.87. The molecule has 0 saturated heterocycles. The van der Waals surface area contributed by atoms with Gasteiger partial charge in [-0.15, -0.1) is 22.7 Å². The summed E-state index contributed by atoms with van der Waals surface area (Å²) in [6.07, 6.45) is 12.9. The molecule has 0 spiro atoms. The predicted molar refractivity (Wildman–Crippen MR) is 144 cm³/mol. The zero-order chi connectivity index (χ0) is 20.3. The second-order valence-electron chi connectivity index (χ2n) is 7.37. The highest BCUT2D eigenvalue weighted by Crippen LogP contribution is 2.52. The van der Waals surface area contributed by atoms with Crippen LogP contribution in [-0.4, -0.2) is 0 Å². The minimum Gasteiger partial charge on any atom is -0.127 e. The molecule has 0 nitrogen and oxygen atoms in total. The standard InChI is InChI=1S/C22H26Br4S2/c1-3-5-7-9-11-13-14(12-10-8-6-4-2)20-16(18(24)22(26)28-20)15-17(23)21(25)27-19(13)15/h3-12H2,1-2H3. The molecular formula is C22H26Br4S2. The number of hydrogen-bond acceptors (Lipinski definition) is 2. The minimum absolute atomic E-state index is 1.20. The van der Waals surface area contributed by atoms with Gasteiger partial charge in [0, 0.05) is 20.2 Å². The number of unbranched alkanes of at least 4 members (excludes halogenated alkanes) is 6. The minimum atomic E-state index is 1.20. The van der Waals surface area contributed by atoms with Crippen molar-refractivity contribution in [2.75, 3.05) is 0 Å². The maximum atomic E-state index is 3.87. The fourth-order valence-corrected chi connectivity index (χ4v) is 8.86. The third-order valence-electron chi connectivity index (χ3n) is 5.34. The van der Waals surface area contributed by atoms with E-state index in [4.69, 9.17) is 0 Å². The van der Waals surface area contributed by atoms with Gasteiger partial charge in [0.2, 0.25) is 0 Å². The number of rotatable bonds is 10.